The largest absolute Gasteiger partial charge is 0.493 e. The van der Waals surface area contributed by atoms with Gasteiger partial charge in [0.15, 0.2) is 23.0 Å². The standard InChI is InChI=1S/C22H29NO4/c1-22(2,3)17-8-7-11-20(24-4)21(17)25-13-12-23-14-16-15-26-18-9-5-6-10-19(18)27-16/h5-11,16,23H,12-15H2,1-4H3/t16-/m0/s1. The molecule has 1 N–H and O–H groups in total. The number of methoxy groups -OCH3 is 1. The van der Waals surface area contributed by atoms with E-state index in [4.69, 9.17) is 18.9 Å². The second-order valence-electron chi connectivity index (χ2n) is 7.64. The van der Waals surface area contributed by atoms with Gasteiger partial charge in [-0.2, -0.15) is 0 Å². The van der Waals surface area contributed by atoms with Gasteiger partial charge in [0.1, 0.15) is 19.3 Å². The molecular weight excluding hydrogens is 342 g/mol. The van der Waals surface area contributed by atoms with Crippen molar-refractivity contribution < 1.29 is 18.9 Å². The Balaban J connectivity index is 1.49. The van der Waals surface area contributed by atoms with Gasteiger partial charge in [0.25, 0.3) is 0 Å². The third-order valence-electron chi connectivity index (χ3n) is 4.47. The van der Waals surface area contributed by atoms with Crippen LogP contribution in [0.4, 0.5) is 0 Å². The van der Waals surface area contributed by atoms with Gasteiger partial charge >= 0.3 is 0 Å². The van der Waals surface area contributed by atoms with Crippen LogP contribution in [0.1, 0.15) is 26.3 Å². The molecule has 146 valence electrons. The molecule has 1 aliphatic heterocycles. The van der Waals surface area contributed by atoms with Gasteiger partial charge in [-0.15, -0.1) is 0 Å². The molecule has 0 unspecified atom stereocenters. The lowest BCUT2D eigenvalue weighted by Gasteiger charge is -2.27. The molecule has 0 saturated heterocycles. The van der Waals surface area contributed by atoms with Crippen molar-refractivity contribution in [2.75, 3.05) is 33.4 Å². The summed E-state index contributed by atoms with van der Waals surface area (Å²) in [6.45, 7) is 9.03. The van der Waals surface area contributed by atoms with Crippen LogP contribution in [0.2, 0.25) is 0 Å². The Morgan fingerprint density at radius 2 is 1.85 bits per heavy atom. The van der Waals surface area contributed by atoms with Gasteiger partial charge in [-0.1, -0.05) is 45.0 Å². The van der Waals surface area contributed by atoms with E-state index in [1.807, 2.05) is 36.4 Å². The highest BCUT2D eigenvalue weighted by molar-refractivity contribution is 5.49. The summed E-state index contributed by atoms with van der Waals surface area (Å²) in [6, 6.07) is 13.8. The molecule has 1 aliphatic rings. The summed E-state index contributed by atoms with van der Waals surface area (Å²) in [7, 11) is 1.67. The van der Waals surface area contributed by atoms with E-state index in [0.717, 1.165) is 28.6 Å². The molecule has 0 aliphatic carbocycles. The molecule has 0 aromatic heterocycles. The van der Waals surface area contributed by atoms with Crippen molar-refractivity contribution in [3.05, 3.63) is 48.0 Å². The fourth-order valence-corrected chi connectivity index (χ4v) is 3.07. The first-order valence-corrected chi connectivity index (χ1v) is 9.38. The summed E-state index contributed by atoms with van der Waals surface area (Å²) in [4.78, 5) is 0. The molecule has 0 saturated carbocycles. The molecule has 2 aromatic carbocycles. The Labute approximate surface area is 161 Å². The maximum absolute atomic E-state index is 6.07. The predicted octanol–water partition coefficient (Wildman–Crippen LogP) is 3.80. The van der Waals surface area contributed by atoms with Gasteiger partial charge in [0.05, 0.1) is 7.11 Å². The molecule has 2 aromatic rings. The molecule has 27 heavy (non-hydrogen) atoms. The quantitative estimate of drug-likeness (QED) is 0.750. The maximum Gasteiger partial charge on any atom is 0.164 e. The van der Waals surface area contributed by atoms with E-state index in [-0.39, 0.29) is 11.5 Å². The molecule has 0 bridgehead atoms. The van der Waals surface area contributed by atoms with Gasteiger partial charge in [-0.3, -0.25) is 0 Å². The third-order valence-corrected chi connectivity index (χ3v) is 4.47. The Morgan fingerprint density at radius 1 is 1.07 bits per heavy atom. The van der Waals surface area contributed by atoms with Crippen molar-refractivity contribution in [1.29, 1.82) is 0 Å². The third kappa shape index (κ3) is 4.86. The maximum atomic E-state index is 6.07. The van der Waals surface area contributed by atoms with E-state index in [2.05, 4.69) is 32.2 Å². The van der Waals surface area contributed by atoms with Crippen molar-refractivity contribution in [3.8, 4) is 23.0 Å². The van der Waals surface area contributed by atoms with Crippen LogP contribution >= 0.6 is 0 Å². The van der Waals surface area contributed by atoms with Gasteiger partial charge in [0.2, 0.25) is 0 Å². The highest BCUT2D eigenvalue weighted by atomic mass is 16.6. The van der Waals surface area contributed by atoms with Gasteiger partial charge < -0.3 is 24.3 Å². The van der Waals surface area contributed by atoms with Crippen molar-refractivity contribution in [2.45, 2.75) is 32.3 Å². The molecule has 1 atom stereocenters. The zero-order valence-electron chi connectivity index (χ0n) is 16.6. The average Bonchev–Trinajstić information content (AvgIpc) is 2.66. The number of para-hydroxylation sites is 3. The summed E-state index contributed by atoms with van der Waals surface area (Å²) < 4.78 is 23.2. The second kappa shape index (κ2) is 8.53. The van der Waals surface area contributed by atoms with E-state index >= 15 is 0 Å². The normalized spacial score (nSPS) is 16.1. The first kappa shape index (κ1) is 19.4. The SMILES string of the molecule is COc1cccc(C(C)(C)C)c1OCCNC[C@H]1COc2ccccc2O1. The monoisotopic (exact) mass is 371 g/mol. The van der Waals surface area contributed by atoms with Crippen LogP contribution in [0.5, 0.6) is 23.0 Å². The highest BCUT2D eigenvalue weighted by Gasteiger charge is 2.22. The molecule has 1 heterocycles. The van der Waals surface area contributed by atoms with E-state index in [0.29, 0.717) is 26.3 Å². The van der Waals surface area contributed by atoms with Gasteiger partial charge in [0, 0.05) is 18.7 Å². The molecular formula is C22H29NO4. The Bertz CT molecular complexity index is 754. The Kier molecular flexibility index (Phi) is 6.11. The molecule has 5 nitrogen and oxygen atoms in total. The van der Waals surface area contributed by atoms with Crippen molar-refractivity contribution in [1.82, 2.24) is 5.32 Å². The number of nitrogens with one attached hydrogen (secondary N) is 1. The van der Waals surface area contributed by atoms with E-state index in [1.54, 1.807) is 7.11 Å². The lowest BCUT2D eigenvalue weighted by molar-refractivity contribution is 0.0897. The topological polar surface area (TPSA) is 49.0 Å². The summed E-state index contributed by atoms with van der Waals surface area (Å²) >= 11 is 0. The minimum Gasteiger partial charge on any atom is -0.493 e. The summed E-state index contributed by atoms with van der Waals surface area (Å²) in [5, 5.41) is 3.38. The number of benzene rings is 2. The van der Waals surface area contributed by atoms with Crippen molar-refractivity contribution >= 4 is 0 Å². The predicted molar refractivity (Wildman–Crippen MR) is 106 cm³/mol. The summed E-state index contributed by atoms with van der Waals surface area (Å²) in [6.07, 6.45) is -0.00343. The fraction of sp³-hybridized carbons (Fsp3) is 0.455. The van der Waals surface area contributed by atoms with E-state index in [9.17, 15) is 0 Å². The lowest BCUT2D eigenvalue weighted by atomic mass is 9.86. The van der Waals surface area contributed by atoms with Gasteiger partial charge in [-0.05, 0) is 23.6 Å². The summed E-state index contributed by atoms with van der Waals surface area (Å²) in [5.74, 6) is 3.20. The number of ether oxygens (including phenoxy) is 4. The van der Waals surface area contributed by atoms with Crippen LogP contribution in [0.15, 0.2) is 42.5 Å². The molecule has 5 heteroatoms. The Morgan fingerprint density at radius 3 is 2.59 bits per heavy atom. The number of hydrogen-bond donors (Lipinski definition) is 1. The van der Waals surface area contributed by atoms with Crippen LogP contribution in [0.3, 0.4) is 0 Å². The number of rotatable bonds is 7. The van der Waals surface area contributed by atoms with Crippen LogP contribution < -0.4 is 24.3 Å². The van der Waals surface area contributed by atoms with Crippen LogP contribution in [0.25, 0.3) is 0 Å². The first-order chi connectivity index (χ1) is 13.0. The van der Waals surface area contributed by atoms with Crippen LogP contribution in [0, 0.1) is 0 Å². The minimum absolute atomic E-state index is 0.00343. The zero-order chi connectivity index (χ0) is 19.3. The molecule has 0 amide bonds. The van der Waals surface area contributed by atoms with Crippen molar-refractivity contribution in [3.63, 3.8) is 0 Å². The zero-order valence-corrected chi connectivity index (χ0v) is 16.6. The first-order valence-electron chi connectivity index (χ1n) is 9.38. The molecule has 0 fully saturated rings. The summed E-state index contributed by atoms with van der Waals surface area (Å²) in [5.41, 5.74) is 1.13. The average molecular weight is 371 g/mol. The van der Waals surface area contributed by atoms with E-state index < -0.39 is 0 Å². The minimum atomic E-state index is -0.0159. The molecule has 3 rings (SSSR count). The second-order valence-corrected chi connectivity index (χ2v) is 7.64. The number of hydrogen-bond acceptors (Lipinski definition) is 5. The number of fused-ring (bicyclic) bond motifs is 1. The molecule has 0 radical (unpaired) electrons. The van der Waals surface area contributed by atoms with E-state index in [1.165, 1.54) is 0 Å². The molecule has 0 spiro atoms. The highest BCUT2D eigenvalue weighted by Crippen LogP contribution is 2.38. The lowest BCUT2D eigenvalue weighted by Crippen LogP contribution is -2.39. The Hall–Kier alpha value is -2.40. The van der Waals surface area contributed by atoms with Crippen LogP contribution in [-0.2, 0) is 5.41 Å². The smallest absolute Gasteiger partial charge is 0.164 e. The van der Waals surface area contributed by atoms with Crippen molar-refractivity contribution in [2.24, 2.45) is 0 Å². The van der Waals surface area contributed by atoms with Gasteiger partial charge in [-0.25, -0.2) is 0 Å². The van der Waals surface area contributed by atoms with Crippen LogP contribution in [-0.4, -0.2) is 39.5 Å². The fourth-order valence-electron chi connectivity index (χ4n) is 3.07.